The Morgan fingerprint density at radius 2 is 2.00 bits per heavy atom. The standard InChI is InChI=1S/C19H19FN4O5/c20-11-3-1-10(2-4-11)7-22-17(27)12-9-24-14(16(26)15(12)25)19(29)23-6-5-21-8-13(23)18(24)28/h1-4,9,13,18,21,26,28H,5-8H2,(H,22,27). The van der Waals surface area contributed by atoms with Crippen molar-refractivity contribution < 1.29 is 24.2 Å². The van der Waals surface area contributed by atoms with Crippen LogP contribution >= 0.6 is 0 Å². The van der Waals surface area contributed by atoms with Gasteiger partial charge in [0.15, 0.2) is 17.7 Å². The van der Waals surface area contributed by atoms with Crippen LogP contribution in [0.4, 0.5) is 4.39 Å². The van der Waals surface area contributed by atoms with Crippen LogP contribution in [0.2, 0.25) is 0 Å². The SMILES string of the molecule is O=C(NCc1ccc(F)cc1)c1cn2c(c(O)c1=O)C(=O)N1CCNCC1C2O. The Balaban J connectivity index is 1.66. The Hall–Kier alpha value is -3.24. The molecule has 0 aliphatic carbocycles. The highest BCUT2D eigenvalue weighted by atomic mass is 19.1. The van der Waals surface area contributed by atoms with E-state index in [0.717, 1.165) is 10.8 Å². The highest BCUT2D eigenvalue weighted by Gasteiger charge is 2.42. The summed E-state index contributed by atoms with van der Waals surface area (Å²) in [7, 11) is 0. The fourth-order valence-electron chi connectivity index (χ4n) is 3.65. The van der Waals surface area contributed by atoms with E-state index in [1.54, 1.807) is 0 Å². The first-order chi connectivity index (χ1) is 13.9. The molecule has 4 N–H and O–H groups in total. The molecule has 29 heavy (non-hydrogen) atoms. The number of benzene rings is 1. The number of amides is 2. The molecule has 2 aliphatic heterocycles. The lowest BCUT2D eigenvalue weighted by molar-refractivity contribution is -0.0228. The number of aromatic nitrogens is 1. The van der Waals surface area contributed by atoms with Gasteiger partial charge in [0.1, 0.15) is 11.4 Å². The van der Waals surface area contributed by atoms with Gasteiger partial charge < -0.3 is 30.3 Å². The maximum atomic E-state index is 13.0. The van der Waals surface area contributed by atoms with E-state index in [2.05, 4.69) is 10.6 Å². The molecule has 0 saturated carbocycles. The highest BCUT2D eigenvalue weighted by molar-refractivity contribution is 5.99. The quantitative estimate of drug-likeness (QED) is 0.551. The zero-order chi connectivity index (χ0) is 20.7. The molecular weight excluding hydrogens is 383 g/mol. The van der Waals surface area contributed by atoms with Crippen LogP contribution in [0, 0.1) is 5.82 Å². The molecule has 2 unspecified atom stereocenters. The van der Waals surface area contributed by atoms with Crippen LogP contribution in [0.5, 0.6) is 5.75 Å². The summed E-state index contributed by atoms with van der Waals surface area (Å²) in [5.74, 6) is -2.65. The van der Waals surface area contributed by atoms with Gasteiger partial charge in [-0.25, -0.2) is 4.39 Å². The number of hydrogen-bond acceptors (Lipinski definition) is 6. The Kier molecular flexibility index (Phi) is 4.81. The van der Waals surface area contributed by atoms with E-state index < -0.39 is 46.6 Å². The van der Waals surface area contributed by atoms with Crippen molar-refractivity contribution in [1.82, 2.24) is 20.1 Å². The van der Waals surface area contributed by atoms with Crippen molar-refractivity contribution in [2.24, 2.45) is 0 Å². The number of pyridine rings is 1. The number of fused-ring (bicyclic) bond motifs is 2. The Bertz CT molecular complexity index is 1040. The van der Waals surface area contributed by atoms with Crippen molar-refractivity contribution in [2.75, 3.05) is 19.6 Å². The number of aromatic hydroxyl groups is 1. The number of nitrogens with zero attached hydrogens (tertiary/aromatic N) is 2. The summed E-state index contributed by atoms with van der Waals surface area (Å²) >= 11 is 0. The van der Waals surface area contributed by atoms with Crippen LogP contribution in [0.3, 0.4) is 0 Å². The minimum Gasteiger partial charge on any atom is -0.503 e. The molecule has 1 aromatic heterocycles. The number of nitrogens with one attached hydrogen (secondary N) is 2. The Morgan fingerprint density at radius 3 is 2.72 bits per heavy atom. The fraction of sp³-hybridized carbons (Fsp3) is 0.316. The molecule has 1 fully saturated rings. The minimum absolute atomic E-state index is 0.0306. The molecule has 10 heteroatoms. The van der Waals surface area contributed by atoms with Crippen LogP contribution in [0.25, 0.3) is 0 Å². The molecule has 0 spiro atoms. The van der Waals surface area contributed by atoms with Crippen molar-refractivity contribution >= 4 is 11.8 Å². The minimum atomic E-state index is -1.23. The molecule has 3 heterocycles. The average molecular weight is 402 g/mol. The third-order valence-electron chi connectivity index (χ3n) is 5.20. The lowest BCUT2D eigenvalue weighted by atomic mass is 10.0. The zero-order valence-electron chi connectivity index (χ0n) is 15.3. The van der Waals surface area contributed by atoms with Crippen LogP contribution < -0.4 is 16.1 Å². The molecule has 1 aromatic carbocycles. The van der Waals surface area contributed by atoms with E-state index in [-0.39, 0.29) is 12.2 Å². The summed E-state index contributed by atoms with van der Waals surface area (Å²) in [6.45, 7) is 1.23. The summed E-state index contributed by atoms with van der Waals surface area (Å²) in [6.07, 6.45) is -0.142. The number of piperazine rings is 1. The zero-order valence-corrected chi connectivity index (χ0v) is 15.3. The summed E-state index contributed by atoms with van der Waals surface area (Å²) in [5.41, 5.74) is -1.13. The molecule has 2 atom stereocenters. The largest absolute Gasteiger partial charge is 0.503 e. The molecular formula is C19H19FN4O5. The van der Waals surface area contributed by atoms with Crippen LogP contribution in [-0.4, -0.2) is 57.2 Å². The molecule has 2 aliphatic rings. The Morgan fingerprint density at radius 1 is 1.28 bits per heavy atom. The van der Waals surface area contributed by atoms with Crippen molar-refractivity contribution in [3.05, 3.63) is 63.3 Å². The topological polar surface area (TPSA) is 124 Å². The first-order valence-corrected chi connectivity index (χ1v) is 9.09. The van der Waals surface area contributed by atoms with Crippen molar-refractivity contribution in [1.29, 1.82) is 0 Å². The van der Waals surface area contributed by atoms with Crippen LogP contribution in [0.15, 0.2) is 35.3 Å². The molecule has 4 rings (SSSR count). The lowest BCUT2D eigenvalue weighted by Crippen LogP contribution is -2.60. The van der Waals surface area contributed by atoms with Gasteiger partial charge in [0.05, 0.1) is 6.04 Å². The summed E-state index contributed by atoms with van der Waals surface area (Å²) < 4.78 is 14.0. The average Bonchev–Trinajstić information content (AvgIpc) is 2.73. The van der Waals surface area contributed by atoms with Crippen molar-refractivity contribution in [3.63, 3.8) is 0 Å². The van der Waals surface area contributed by atoms with E-state index in [4.69, 9.17) is 0 Å². The fourth-order valence-corrected chi connectivity index (χ4v) is 3.65. The van der Waals surface area contributed by atoms with Gasteiger partial charge in [0.25, 0.3) is 11.8 Å². The maximum absolute atomic E-state index is 13.0. The summed E-state index contributed by atoms with van der Waals surface area (Å²) in [4.78, 5) is 39.2. The predicted octanol–water partition coefficient (Wildman–Crippen LogP) is -0.459. The second kappa shape index (κ2) is 7.30. The number of aliphatic hydroxyl groups excluding tert-OH is 1. The number of carbonyl (C=O) groups excluding carboxylic acids is 2. The van der Waals surface area contributed by atoms with Crippen LogP contribution in [0.1, 0.15) is 32.6 Å². The molecule has 0 radical (unpaired) electrons. The summed E-state index contributed by atoms with van der Waals surface area (Å²) in [5, 5.41) is 26.6. The monoisotopic (exact) mass is 402 g/mol. The molecule has 2 amide bonds. The number of halogens is 1. The lowest BCUT2D eigenvalue weighted by Gasteiger charge is -2.43. The predicted molar refractivity (Wildman–Crippen MR) is 98.9 cm³/mol. The van der Waals surface area contributed by atoms with E-state index in [1.807, 2.05) is 0 Å². The first-order valence-electron chi connectivity index (χ1n) is 9.09. The normalized spacial score (nSPS) is 20.8. The molecule has 9 nitrogen and oxygen atoms in total. The van der Waals surface area contributed by atoms with E-state index in [9.17, 15) is 29.0 Å². The smallest absolute Gasteiger partial charge is 0.275 e. The molecule has 0 bridgehead atoms. The molecule has 2 aromatic rings. The van der Waals surface area contributed by atoms with E-state index in [0.29, 0.717) is 25.2 Å². The van der Waals surface area contributed by atoms with Gasteiger partial charge in [-0.1, -0.05) is 12.1 Å². The molecule has 1 saturated heterocycles. The Labute approximate surface area is 164 Å². The summed E-state index contributed by atoms with van der Waals surface area (Å²) in [6, 6.07) is 4.88. The van der Waals surface area contributed by atoms with E-state index >= 15 is 0 Å². The van der Waals surface area contributed by atoms with Crippen LogP contribution in [-0.2, 0) is 6.54 Å². The number of hydrogen-bond donors (Lipinski definition) is 4. The highest BCUT2D eigenvalue weighted by Crippen LogP contribution is 2.30. The van der Waals surface area contributed by atoms with Crippen molar-refractivity contribution in [2.45, 2.75) is 18.8 Å². The van der Waals surface area contributed by atoms with Gasteiger partial charge in [-0.2, -0.15) is 0 Å². The third kappa shape index (κ3) is 3.26. The molecule has 152 valence electrons. The second-order valence-electron chi connectivity index (χ2n) is 6.97. The third-order valence-corrected chi connectivity index (χ3v) is 5.20. The number of carbonyl (C=O) groups is 2. The van der Waals surface area contributed by atoms with Gasteiger partial charge in [0.2, 0.25) is 5.43 Å². The van der Waals surface area contributed by atoms with E-state index in [1.165, 1.54) is 29.2 Å². The van der Waals surface area contributed by atoms with Gasteiger partial charge in [-0.05, 0) is 17.7 Å². The van der Waals surface area contributed by atoms with Crippen molar-refractivity contribution in [3.8, 4) is 5.75 Å². The van der Waals surface area contributed by atoms with Gasteiger partial charge in [0, 0.05) is 32.4 Å². The number of rotatable bonds is 3. The number of aliphatic hydroxyl groups is 1. The first kappa shape index (κ1) is 19.1. The van der Waals surface area contributed by atoms with Gasteiger partial charge in [-0.3, -0.25) is 14.4 Å². The van der Waals surface area contributed by atoms with Gasteiger partial charge in [-0.15, -0.1) is 0 Å². The van der Waals surface area contributed by atoms with Gasteiger partial charge >= 0.3 is 0 Å². The second-order valence-corrected chi connectivity index (χ2v) is 6.97. The maximum Gasteiger partial charge on any atom is 0.275 e.